The second-order valence-electron chi connectivity index (χ2n) is 5.81. The molecule has 0 heterocycles. The van der Waals surface area contributed by atoms with E-state index in [1.54, 1.807) is 18.2 Å². The highest BCUT2D eigenvalue weighted by Crippen LogP contribution is 2.28. The maximum atomic E-state index is 12.6. The van der Waals surface area contributed by atoms with Crippen molar-refractivity contribution in [3.63, 3.8) is 0 Å². The molecule has 132 valence electrons. The summed E-state index contributed by atoms with van der Waals surface area (Å²) >= 11 is 0. The van der Waals surface area contributed by atoms with Crippen LogP contribution in [0.5, 0.6) is 0 Å². The number of sulfone groups is 1. The average molecular weight is 363 g/mol. The Morgan fingerprint density at radius 1 is 1.26 bits per heavy atom. The van der Waals surface area contributed by atoms with Gasteiger partial charge in [0, 0.05) is 18.5 Å². The molecule has 1 aromatic rings. The summed E-state index contributed by atoms with van der Waals surface area (Å²) in [6.07, 6.45) is 2.52. The van der Waals surface area contributed by atoms with Crippen molar-refractivity contribution in [1.29, 1.82) is 0 Å². The second-order valence-corrected chi connectivity index (χ2v) is 7.95. The van der Waals surface area contributed by atoms with E-state index in [1.807, 2.05) is 20.8 Å². The first-order chi connectivity index (χ1) is 10.2. The number of hydrogen-bond acceptors (Lipinski definition) is 4. The molecule has 0 aliphatic heterocycles. The minimum Gasteiger partial charge on any atom is -0.329 e. The van der Waals surface area contributed by atoms with Crippen LogP contribution >= 0.6 is 12.4 Å². The number of halogens is 1. The Bertz CT molecular complexity index is 632. The summed E-state index contributed by atoms with van der Waals surface area (Å²) in [5, 5.41) is 2.92. The van der Waals surface area contributed by atoms with Crippen molar-refractivity contribution in [3.8, 4) is 0 Å². The first-order valence-corrected chi connectivity index (χ1v) is 9.53. The summed E-state index contributed by atoms with van der Waals surface area (Å²) in [5.41, 5.74) is 7.33. The lowest BCUT2D eigenvalue weighted by molar-refractivity contribution is -0.125. The molecule has 0 fully saturated rings. The third kappa shape index (κ3) is 5.48. The predicted octanol–water partition coefficient (Wildman–Crippen LogP) is 2.67. The van der Waals surface area contributed by atoms with Gasteiger partial charge >= 0.3 is 0 Å². The van der Waals surface area contributed by atoms with Gasteiger partial charge in [-0.2, -0.15) is 0 Å². The topological polar surface area (TPSA) is 89.3 Å². The summed E-state index contributed by atoms with van der Waals surface area (Å²) in [5.74, 6) is -0.147. The van der Waals surface area contributed by atoms with Crippen molar-refractivity contribution in [2.75, 3.05) is 18.1 Å². The van der Waals surface area contributed by atoms with Crippen LogP contribution in [0.25, 0.3) is 0 Å². The third-order valence-corrected chi connectivity index (χ3v) is 5.17. The van der Waals surface area contributed by atoms with E-state index in [0.717, 1.165) is 5.56 Å². The van der Waals surface area contributed by atoms with Gasteiger partial charge in [0.25, 0.3) is 0 Å². The van der Waals surface area contributed by atoms with Gasteiger partial charge in [0.15, 0.2) is 9.84 Å². The normalized spacial score (nSPS) is 11.7. The lowest BCUT2D eigenvalue weighted by Gasteiger charge is -2.29. The summed E-state index contributed by atoms with van der Waals surface area (Å²) < 4.78 is 23.0. The molecule has 0 unspecified atom stereocenters. The molecule has 0 spiro atoms. The molecule has 7 heteroatoms. The Balaban J connectivity index is 0.00000484. The maximum absolute atomic E-state index is 12.6. The molecule has 0 atom stereocenters. The number of nitrogens with two attached hydrogens (primary N) is 1. The SMILES string of the molecule is CCC(CC)(CN)C(=O)Nc1cccc(CS(C)(=O)=O)c1C.Cl. The van der Waals surface area contributed by atoms with Crippen molar-refractivity contribution in [2.45, 2.75) is 39.4 Å². The Hall–Kier alpha value is -1.11. The van der Waals surface area contributed by atoms with Crippen LogP contribution in [0.2, 0.25) is 0 Å². The van der Waals surface area contributed by atoms with Crippen molar-refractivity contribution >= 4 is 33.8 Å². The predicted molar refractivity (Wildman–Crippen MR) is 97.7 cm³/mol. The number of carbonyl (C=O) groups excluding carboxylic acids is 1. The van der Waals surface area contributed by atoms with Crippen LogP contribution in [0, 0.1) is 12.3 Å². The van der Waals surface area contributed by atoms with E-state index < -0.39 is 15.3 Å². The molecule has 0 aliphatic rings. The number of amides is 1. The molecule has 0 aliphatic carbocycles. The Morgan fingerprint density at radius 3 is 2.26 bits per heavy atom. The molecule has 0 aromatic heterocycles. The van der Waals surface area contributed by atoms with Crippen LogP contribution in [-0.2, 0) is 20.4 Å². The maximum Gasteiger partial charge on any atom is 0.231 e. The number of anilines is 1. The van der Waals surface area contributed by atoms with Gasteiger partial charge in [-0.05, 0) is 37.0 Å². The van der Waals surface area contributed by atoms with Gasteiger partial charge in [-0.3, -0.25) is 4.79 Å². The fraction of sp³-hybridized carbons (Fsp3) is 0.562. The van der Waals surface area contributed by atoms with Crippen LogP contribution in [-0.4, -0.2) is 27.1 Å². The van der Waals surface area contributed by atoms with E-state index >= 15 is 0 Å². The van der Waals surface area contributed by atoms with E-state index in [4.69, 9.17) is 5.73 Å². The lowest BCUT2D eigenvalue weighted by Crippen LogP contribution is -2.41. The van der Waals surface area contributed by atoms with E-state index in [2.05, 4.69) is 5.32 Å². The van der Waals surface area contributed by atoms with Gasteiger partial charge in [-0.1, -0.05) is 26.0 Å². The van der Waals surface area contributed by atoms with Crippen molar-refractivity contribution < 1.29 is 13.2 Å². The summed E-state index contributed by atoms with van der Waals surface area (Å²) in [6, 6.07) is 5.30. The van der Waals surface area contributed by atoms with Gasteiger partial charge in [0.1, 0.15) is 0 Å². The molecular weight excluding hydrogens is 336 g/mol. The largest absolute Gasteiger partial charge is 0.329 e. The molecule has 5 nitrogen and oxygen atoms in total. The molecular formula is C16H27ClN2O3S. The first-order valence-electron chi connectivity index (χ1n) is 7.47. The van der Waals surface area contributed by atoms with E-state index in [-0.39, 0.29) is 30.6 Å². The fourth-order valence-electron chi connectivity index (χ4n) is 2.47. The Morgan fingerprint density at radius 2 is 1.83 bits per heavy atom. The van der Waals surface area contributed by atoms with Crippen LogP contribution in [0.4, 0.5) is 5.69 Å². The minimum atomic E-state index is -3.12. The van der Waals surface area contributed by atoms with E-state index in [0.29, 0.717) is 24.1 Å². The van der Waals surface area contributed by atoms with Gasteiger partial charge in [0.05, 0.1) is 11.2 Å². The van der Waals surface area contributed by atoms with E-state index in [9.17, 15) is 13.2 Å². The Kier molecular flexibility index (Phi) is 8.24. The van der Waals surface area contributed by atoms with Crippen molar-refractivity contribution in [1.82, 2.24) is 0 Å². The average Bonchev–Trinajstić information content (AvgIpc) is 2.44. The zero-order valence-electron chi connectivity index (χ0n) is 14.2. The molecule has 1 aromatic carbocycles. The molecule has 1 rings (SSSR count). The van der Waals surface area contributed by atoms with Gasteiger partial charge in [-0.25, -0.2) is 8.42 Å². The van der Waals surface area contributed by atoms with Crippen LogP contribution in [0.3, 0.4) is 0 Å². The molecule has 0 radical (unpaired) electrons. The Labute approximate surface area is 145 Å². The van der Waals surface area contributed by atoms with E-state index in [1.165, 1.54) is 6.26 Å². The number of hydrogen-bond donors (Lipinski definition) is 2. The number of carbonyl (C=O) groups is 1. The number of benzene rings is 1. The summed E-state index contributed by atoms with van der Waals surface area (Å²) in [7, 11) is -3.12. The summed E-state index contributed by atoms with van der Waals surface area (Å²) in [4.78, 5) is 12.6. The highest BCUT2D eigenvalue weighted by molar-refractivity contribution is 7.89. The fourth-order valence-corrected chi connectivity index (χ4v) is 3.34. The number of rotatable bonds is 7. The molecule has 0 bridgehead atoms. The van der Waals surface area contributed by atoms with Crippen LogP contribution in [0.1, 0.15) is 37.8 Å². The number of nitrogens with one attached hydrogen (secondary N) is 1. The molecule has 0 saturated heterocycles. The highest BCUT2D eigenvalue weighted by atomic mass is 35.5. The monoisotopic (exact) mass is 362 g/mol. The third-order valence-electron chi connectivity index (χ3n) is 4.34. The molecule has 0 saturated carbocycles. The quantitative estimate of drug-likeness (QED) is 0.780. The van der Waals surface area contributed by atoms with Crippen LogP contribution in [0.15, 0.2) is 18.2 Å². The summed E-state index contributed by atoms with van der Waals surface area (Å²) in [6.45, 7) is 6.00. The molecule has 1 amide bonds. The zero-order chi connectivity index (χ0) is 17.0. The van der Waals surface area contributed by atoms with Crippen molar-refractivity contribution in [2.24, 2.45) is 11.1 Å². The zero-order valence-corrected chi connectivity index (χ0v) is 15.8. The minimum absolute atomic E-state index is 0. The standard InChI is InChI=1S/C16H26N2O3S.ClH/c1-5-16(6-2,11-17)15(19)18-14-9-7-8-13(12(14)3)10-22(4,20)21;/h7-9H,5-6,10-11,17H2,1-4H3,(H,18,19);1H. The molecule has 3 N–H and O–H groups in total. The van der Waals surface area contributed by atoms with Crippen LogP contribution < -0.4 is 11.1 Å². The van der Waals surface area contributed by atoms with Gasteiger partial charge in [-0.15, -0.1) is 12.4 Å². The smallest absolute Gasteiger partial charge is 0.231 e. The molecule has 23 heavy (non-hydrogen) atoms. The first kappa shape index (κ1) is 21.9. The van der Waals surface area contributed by atoms with Gasteiger partial charge < -0.3 is 11.1 Å². The highest BCUT2D eigenvalue weighted by Gasteiger charge is 2.33. The lowest BCUT2D eigenvalue weighted by atomic mass is 9.81. The van der Waals surface area contributed by atoms with Gasteiger partial charge in [0.2, 0.25) is 5.91 Å². The second kappa shape index (κ2) is 8.66. The van der Waals surface area contributed by atoms with Crippen molar-refractivity contribution in [3.05, 3.63) is 29.3 Å².